The van der Waals surface area contributed by atoms with E-state index in [9.17, 15) is 9.59 Å². The molecule has 1 N–H and O–H groups in total. The van der Waals surface area contributed by atoms with Crippen molar-refractivity contribution in [3.63, 3.8) is 0 Å². The van der Waals surface area contributed by atoms with Crippen LogP contribution in [-0.4, -0.2) is 16.7 Å². The van der Waals surface area contributed by atoms with E-state index in [1.54, 1.807) is 12.4 Å². The van der Waals surface area contributed by atoms with Crippen LogP contribution in [0.4, 0.5) is 0 Å². The fourth-order valence-corrected chi connectivity index (χ4v) is 2.78. The first kappa shape index (κ1) is 14.7. The van der Waals surface area contributed by atoms with Crippen LogP contribution in [0.25, 0.3) is 0 Å². The van der Waals surface area contributed by atoms with Crippen molar-refractivity contribution < 1.29 is 9.59 Å². The van der Waals surface area contributed by atoms with Gasteiger partial charge in [-0.25, -0.2) is 0 Å². The van der Waals surface area contributed by atoms with Crippen molar-refractivity contribution >= 4 is 11.7 Å². The third-order valence-electron chi connectivity index (χ3n) is 4.13. The first-order chi connectivity index (χ1) is 9.61. The Morgan fingerprint density at radius 3 is 2.75 bits per heavy atom. The first-order valence-electron chi connectivity index (χ1n) is 7.34. The fourth-order valence-electron chi connectivity index (χ4n) is 2.78. The van der Waals surface area contributed by atoms with E-state index < -0.39 is 0 Å². The molecule has 1 saturated carbocycles. The van der Waals surface area contributed by atoms with Crippen LogP contribution < -0.4 is 5.32 Å². The summed E-state index contributed by atoms with van der Waals surface area (Å²) in [6, 6.07) is 3.89. The Balaban J connectivity index is 1.98. The molecule has 4 heteroatoms. The predicted molar refractivity (Wildman–Crippen MR) is 76.9 cm³/mol. The number of ketones is 1. The maximum atomic E-state index is 12.4. The Bertz CT molecular complexity index is 473. The van der Waals surface area contributed by atoms with Crippen molar-refractivity contribution in [2.75, 3.05) is 0 Å². The molecule has 1 aromatic rings. The van der Waals surface area contributed by atoms with E-state index in [-0.39, 0.29) is 29.6 Å². The van der Waals surface area contributed by atoms with E-state index in [1.165, 1.54) is 0 Å². The molecule has 0 bridgehead atoms. The Morgan fingerprint density at radius 2 is 2.15 bits per heavy atom. The molecule has 1 aliphatic carbocycles. The highest BCUT2D eigenvalue weighted by Gasteiger charge is 2.30. The topological polar surface area (TPSA) is 59.1 Å². The molecule has 108 valence electrons. The summed E-state index contributed by atoms with van der Waals surface area (Å²) >= 11 is 0. The molecule has 0 saturated heterocycles. The summed E-state index contributed by atoms with van der Waals surface area (Å²) in [6.07, 6.45) is 6.22. The highest BCUT2D eigenvalue weighted by molar-refractivity contribution is 5.86. The van der Waals surface area contributed by atoms with E-state index in [4.69, 9.17) is 0 Å². The number of hydrogen-bond donors (Lipinski definition) is 1. The number of nitrogens with zero attached hydrogens (tertiary/aromatic N) is 1. The van der Waals surface area contributed by atoms with Gasteiger partial charge in [-0.3, -0.25) is 14.6 Å². The molecule has 20 heavy (non-hydrogen) atoms. The molecule has 1 fully saturated rings. The van der Waals surface area contributed by atoms with Crippen molar-refractivity contribution in [1.29, 1.82) is 0 Å². The molecule has 1 aliphatic rings. The van der Waals surface area contributed by atoms with E-state index in [1.807, 2.05) is 19.1 Å². The van der Waals surface area contributed by atoms with Crippen LogP contribution in [0.15, 0.2) is 24.5 Å². The predicted octanol–water partition coefficient (Wildman–Crippen LogP) is 2.65. The standard InChI is InChI=1S/C16H22N2O2/c1-3-14(12-6-8-17-9-7-12)18-16(20)13-4-5-15(19)11(2)10-13/h6-9,11,13-14H,3-5,10H2,1-2H3,(H,18,20)/t11-,13+,14-/m0/s1. The largest absolute Gasteiger partial charge is 0.349 e. The zero-order valence-electron chi connectivity index (χ0n) is 12.1. The average Bonchev–Trinajstić information content (AvgIpc) is 2.48. The smallest absolute Gasteiger partial charge is 0.223 e. The summed E-state index contributed by atoms with van der Waals surface area (Å²) in [4.78, 5) is 27.9. The van der Waals surface area contributed by atoms with E-state index >= 15 is 0 Å². The molecule has 3 atom stereocenters. The van der Waals surface area contributed by atoms with Crippen LogP contribution in [-0.2, 0) is 9.59 Å². The molecular formula is C16H22N2O2. The van der Waals surface area contributed by atoms with Gasteiger partial charge in [-0.05, 0) is 37.0 Å². The second-order valence-electron chi connectivity index (χ2n) is 5.59. The van der Waals surface area contributed by atoms with Gasteiger partial charge in [-0.2, -0.15) is 0 Å². The summed E-state index contributed by atoms with van der Waals surface area (Å²) < 4.78 is 0. The van der Waals surface area contributed by atoms with Gasteiger partial charge in [0.2, 0.25) is 5.91 Å². The van der Waals surface area contributed by atoms with Crippen LogP contribution in [0.5, 0.6) is 0 Å². The molecule has 0 radical (unpaired) electrons. The number of amides is 1. The minimum Gasteiger partial charge on any atom is -0.349 e. The lowest BCUT2D eigenvalue weighted by molar-refractivity contribution is -0.131. The first-order valence-corrected chi connectivity index (χ1v) is 7.34. The van der Waals surface area contributed by atoms with Crippen molar-refractivity contribution in [3.05, 3.63) is 30.1 Å². The van der Waals surface area contributed by atoms with Crippen LogP contribution >= 0.6 is 0 Å². The number of nitrogens with one attached hydrogen (secondary N) is 1. The monoisotopic (exact) mass is 274 g/mol. The van der Waals surface area contributed by atoms with Crippen LogP contribution in [0.3, 0.4) is 0 Å². The highest BCUT2D eigenvalue weighted by atomic mass is 16.2. The maximum absolute atomic E-state index is 12.4. The molecule has 0 aliphatic heterocycles. The normalized spacial score (nSPS) is 24.2. The lowest BCUT2D eigenvalue weighted by atomic mass is 9.81. The Morgan fingerprint density at radius 1 is 1.45 bits per heavy atom. The van der Waals surface area contributed by atoms with Gasteiger partial charge in [0.1, 0.15) is 5.78 Å². The summed E-state index contributed by atoms with van der Waals surface area (Å²) in [5, 5.41) is 3.11. The lowest BCUT2D eigenvalue weighted by Crippen LogP contribution is -2.37. The number of Topliss-reactive ketones (excluding diaryl/α,β-unsaturated/α-hetero) is 1. The number of rotatable bonds is 4. The summed E-state index contributed by atoms with van der Waals surface area (Å²) in [6.45, 7) is 3.97. The molecule has 0 spiro atoms. The van der Waals surface area contributed by atoms with Gasteiger partial charge in [0.05, 0.1) is 6.04 Å². The highest BCUT2D eigenvalue weighted by Crippen LogP contribution is 2.27. The van der Waals surface area contributed by atoms with Gasteiger partial charge >= 0.3 is 0 Å². The number of carbonyl (C=O) groups excluding carboxylic acids is 2. The molecule has 1 aromatic heterocycles. The SMILES string of the molecule is CC[C@H](NC(=O)[C@@H]1CCC(=O)[C@@H](C)C1)c1ccncc1. The van der Waals surface area contributed by atoms with E-state index in [0.29, 0.717) is 19.3 Å². The summed E-state index contributed by atoms with van der Waals surface area (Å²) in [5.41, 5.74) is 1.08. The number of carbonyl (C=O) groups is 2. The minimum atomic E-state index is -0.0291. The van der Waals surface area contributed by atoms with Gasteiger partial charge < -0.3 is 5.32 Å². The van der Waals surface area contributed by atoms with Gasteiger partial charge in [-0.15, -0.1) is 0 Å². The molecule has 1 heterocycles. The summed E-state index contributed by atoms with van der Waals surface area (Å²) in [5.74, 6) is 0.349. The third kappa shape index (κ3) is 3.44. The number of pyridine rings is 1. The van der Waals surface area contributed by atoms with Crippen molar-refractivity contribution in [2.24, 2.45) is 11.8 Å². The van der Waals surface area contributed by atoms with Crippen molar-refractivity contribution in [2.45, 2.75) is 45.6 Å². The van der Waals surface area contributed by atoms with E-state index in [0.717, 1.165) is 12.0 Å². The van der Waals surface area contributed by atoms with E-state index in [2.05, 4.69) is 17.2 Å². The maximum Gasteiger partial charge on any atom is 0.223 e. The Labute approximate surface area is 120 Å². The molecule has 1 amide bonds. The third-order valence-corrected chi connectivity index (χ3v) is 4.13. The van der Waals surface area contributed by atoms with Gasteiger partial charge in [-0.1, -0.05) is 13.8 Å². The summed E-state index contributed by atoms with van der Waals surface area (Å²) in [7, 11) is 0. The lowest BCUT2D eigenvalue weighted by Gasteiger charge is -2.27. The molecular weight excluding hydrogens is 252 g/mol. The van der Waals surface area contributed by atoms with Gasteiger partial charge in [0.25, 0.3) is 0 Å². The quantitative estimate of drug-likeness (QED) is 0.918. The number of hydrogen-bond acceptors (Lipinski definition) is 3. The average molecular weight is 274 g/mol. The van der Waals surface area contributed by atoms with Gasteiger partial charge in [0.15, 0.2) is 0 Å². The molecule has 4 nitrogen and oxygen atoms in total. The van der Waals surface area contributed by atoms with Crippen LogP contribution in [0.1, 0.15) is 51.1 Å². The van der Waals surface area contributed by atoms with Crippen molar-refractivity contribution in [1.82, 2.24) is 10.3 Å². The fraction of sp³-hybridized carbons (Fsp3) is 0.562. The molecule has 2 rings (SSSR count). The second kappa shape index (κ2) is 6.64. The van der Waals surface area contributed by atoms with Crippen molar-refractivity contribution in [3.8, 4) is 0 Å². The number of aromatic nitrogens is 1. The van der Waals surface area contributed by atoms with Gasteiger partial charge in [0, 0.05) is 30.7 Å². The molecule has 0 aromatic carbocycles. The van der Waals surface area contributed by atoms with Crippen LogP contribution in [0.2, 0.25) is 0 Å². The zero-order valence-corrected chi connectivity index (χ0v) is 12.1. The zero-order chi connectivity index (χ0) is 14.5. The Kier molecular flexibility index (Phi) is 4.88. The van der Waals surface area contributed by atoms with Crippen LogP contribution in [0, 0.1) is 11.8 Å². The Hall–Kier alpha value is -1.71. The molecule has 0 unspecified atom stereocenters. The minimum absolute atomic E-state index is 0.0144. The second-order valence-corrected chi connectivity index (χ2v) is 5.59.